The van der Waals surface area contributed by atoms with Crippen LogP contribution in [0.2, 0.25) is 0 Å². The Bertz CT molecular complexity index is 514. The van der Waals surface area contributed by atoms with Crippen LogP contribution in [0.15, 0.2) is 34.8 Å². The molecular formula is C12H10BrFN2O2. The molecule has 94 valence electrons. The lowest BCUT2D eigenvalue weighted by molar-refractivity contribution is 0.296. The Morgan fingerprint density at radius 3 is 2.67 bits per heavy atom. The summed E-state index contributed by atoms with van der Waals surface area (Å²) < 4.78 is 24.0. The second kappa shape index (κ2) is 5.77. The first-order valence-corrected chi connectivity index (χ1v) is 5.92. The van der Waals surface area contributed by atoms with E-state index in [4.69, 9.17) is 9.47 Å². The maximum absolute atomic E-state index is 13.1. The third kappa shape index (κ3) is 3.40. The number of nitrogens with zero attached hydrogens (tertiary/aromatic N) is 2. The van der Waals surface area contributed by atoms with Crippen LogP contribution in [0, 0.1) is 5.82 Å². The molecule has 6 heteroatoms. The Kier molecular flexibility index (Phi) is 4.09. The maximum atomic E-state index is 13.1. The lowest BCUT2D eigenvalue weighted by Gasteiger charge is -2.06. The number of halogens is 2. The van der Waals surface area contributed by atoms with E-state index < -0.39 is 0 Å². The number of rotatable bonds is 4. The summed E-state index contributed by atoms with van der Waals surface area (Å²) in [6.07, 6.45) is 0. The maximum Gasteiger partial charge on any atom is 0.233 e. The van der Waals surface area contributed by atoms with Gasteiger partial charge in [0.15, 0.2) is 0 Å². The SMILES string of the molecule is COc1ccc(COc2cc(F)cc(Br)c2)nn1. The van der Waals surface area contributed by atoms with Crippen molar-refractivity contribution in [3.05, 3.63) is 46.3 Å². The smallest absolute Gasteiger partial charge is 0.233 e. The molecule has 1 heterocycles. The van der Waals surface area contributed by atoms with Crippen molar-refractivity contribution in [1.82, 2.24) is 10.2 Å². The van der Waals surface area contributed by atoms with E-state index >= 15 is 0 Å². The lowest BCUT2D eigenvalue weighted by atomic mass is 10.3. The summed E-state index contributed by atoms with van der Waals surface area (Å²) in [5, 5.41) is 7.71. The molecule has 2 rings (SSSR count). The minimum Gasteiger partial charge on any atom is -0.487 e. The topological polar surface area (TPSA) is 44.2 Å². The van der Waals surface area contributed by atoms with Crippen molar-refractivity contribution in [3.8, 4) is 11.6 Å². The predicted octanol–water partition coefficient (Wildman–Crippen LogP) is 2.97. The van der Waals surface area contributed by atoms with E-state index in [-0.39, 0.29) is 12.4 Å². The number of ether oxygens (including phenoxy) is 2. The zero-order valence-corrected chi connectivity index (χ0v) is 11.1. The van der Waals surface area contributed by atoms with Crippen molar-refractivity contribution in [2.45, 2.75) is 6.61 Å². The Morgan fingerprint density at radius 1 is 1.22 bits per heavy atom. The zero-order chi connectivity index (χ0) is 13.0. The number of hydrogen-bond donors (Lipinski definition) is 0. The third-order valence-corrected chi connectivity index (χ3v) is 2.59. The first-order chi connectivity index (χ1) is 8.67. The van der Waals surface area contributed by atoms with Crippen LogP contribution in [0.25, 0.3) is 0 Å². The van der Waals surface area contributed by atoms with Gasteiger partial charge in [-0.2, -0.15) is 0 Å². The quantitative estimate of drug-likeness (QED) is 0.870. The molecular weight excluding hydrogens is 303 g/mol. The molecule has 0 aliphatic carbocycles. The Balaban J connectivity index is 2.01. The molecule has 18 heavy (non-hydrogen) atoms. The van der Waals surface area contributed by atoms with Gasteiger partial charge in [-0.05, 0) is 18.2 Å². The molecule has 0 fully saturated rings. The van der Waals surface area contributed by atoms with E-state index in [1.165, 1.54) is 19.2 Å². The van der Waals surface area contributed by atoms with Gasteiger partial charge in [-0.15, -0.1) is 10.2 Å². The number of hydrogen-bond acceptors (Lipinski definition) is 4. The molecule has 0 N–H and O–H groups in total. The van der Waals surface area contributed by atoms with Gasteiger partial charge in [0.05, 0.1) is 7.11 Å². The van der Waals surface area contributed by atoms with Gasteiger partial charge >= 0.3 is 0 Å². The van der Waals surface area contributed by atoms with Gasteiger partial charge in [0.2, 0.25) is 5.88 Å². The average molecular weight is 313 g/mol. The zero-order valence-electron chi connectivity index (χ0n) is 9.56. The summed E-state index contributed by atoms with van der Waals surface area (Å²) in [5.41, 5.74) is 0.635. The molecule has 1 aromatic heterocycles. The highest BCUT2D eigenvalue weighted by molar-refractivity contribution is 9.10. The largest absolute Gasteiger partial charge is 0.487 e. The van der Waals surface area contributed by atoms with E-state index in [1.54, 1.807) is 18.2 Å². The van der Waals surface area contributed by atoms with Crippen LogP contribution in [0.3, 0.4) is 0 Å². The molecule has 0 saturated carbocycles. The molecule has 0 radical (unpaired) electrons. The first-order valence-electron chi connectivity index (χ1n) is 5.13. The van der Waals surface area contributed by atoms with Gasteiger partial charge in [0.25, 0.3) is 0 Å². The molecule has 0 bridgehead atoms. The van der Waals surface area contributed by atoms with Gasteiger partial charge in [0, 0.05) is 16.6 Å². The van der Waals surface area contributed by atoms with Crippen LogP contribution in [-0.4, -0.2) is 17.3 Å². The Labute approximate surface area is 112 Å². The molecule has 1 aromatic carbocycles. The molecule has 0 amide bonds. The number of methoxy groups -OCH3 is 1. The summed E-state index contributed by atoms with van der Waals surface area (Å²) in [5.74, 6) is 0.506. The molecule has 0 spiro atoms. The fourth-order valence-corrected chi connectivity index (χ4v) is 1.75. The van der Waals surface area contributed by atoms with Crippen LogP contribution >= 0.6 is 15.9 Å². The summed E-state index contributed by atoms with van der Waals surface area (Å²) in [7, 11) is 1.52. The molecule has 4 nitrogen and oxygen atoms in total. The summed E-state index contributed by atoms with van der Waals surface area (Å²) >= 11 is 3.19. The molecule has 0 saturated heterocycles. The van der Waals surface area contributed by atoms with Crippen molar-refractivity contribution in [3.63, 3.8) is 0 Å². The second-order valence-corrected chi connectivity index (χ2v) is 4.38. The van der Waals surface area contributed by atoms with Crippen LogP contribution in [0.4, 0.5) is 4.39 Å². The molecule has 0 unspecified atom stereocenters. The van der Waals surface area contributed by atoms with Crippen LogP contribution < -0.4 is 9.47 Å². The second-order valence-electron chi connectivity index (χ2n) is 3.46. The summed E-state index contributed by atoms with van der Waals surface area (Å²) in [6.45, 7) is 0.215. The normalized spacial score (nSPS) is 10.2. The van der Waals surface area contributed by atoms with Crippen LogP contribution in [0.1, 0.15) is 5.69 Å². The molecule has 0 aliphatic rings. The molecule has 2 aromatic rings. The highest BCUT2D eigenvalue weighted by Crippen LogP contribution is 2.21. The van der Waals surface area contributed by atoms with Gasteiger partial charge in [0.1, 0.15) is 23.9 Å². The van der Waals surface area contributed by atoms with E-state index in [9.17, 15) is 4.39 Å². The number of benzene rings is 1. The predicted molar refractivity (Wildman–Crippen MR) is 67.0 cm³/mol. The standard InChI is InChI=1S/C12H10BrFN2O2/c1-17-12-3-2-10(15-16-12)7-18-11-5-8(13)4-9(14)6-11/h2-6H,7H2,1H3. The van der Waals surface area contributed by atoms with Gasteiger partial charge < -0.3 is 9.47 Å². The van der Waals surface area contributed by atoms with Gasteiger partial charge in [-0.3, -0.25) is 0 Å². The minimum atomic E-state index is -0.361. The Morgan fingerprint density at radius 2 is 2.06 bits per heavy atom. The van der Waals surface area contributed by atoms with Crippen molar-refractivity contribution in [1.29, 1.82) is 0 Å². The van der Waals surface area contributed by atoms with E-state index in [0.717, 1.165) is 0 Å². The van der Waals surface area contributed by atoms with Gasteiger partial charge in [-0.25, -0.2) is 4.39 Å². The lowest BCUT2D eigenvalue weighted by Crippen LogP contribution is -2.01. The highest BCUT2D eigenvalue weighted by Gasteiger charge is 2.02. The van der Waals surface area contributed by atoms with E-state index in [1.807, 2.05) is 0 Å². The van der Waals surface area contributed by atoms with Gasteiger partial charge in [-0.1, -0.05) is 15.9 Å². The monoisotopic (exact) mass is 312 g/mol. The number of aromatic nitrogens is 2. The third-order valence-electron chi connectivity index (χ3n) is 2.13. The fourth-order valence-electron chi connectivity index (χ4n) is 1.30. The van der Waals surface area contributed by atoms with Crippen molar-refractivity contribution in [2.75, 3.05) is 7.11 Å². The average Bonchev–Trinajstić information content (AvgIpc) is 2.36. The Hall–Kier alpha value is -1.69. The highest BCUT2D eigenvalue weighted by atomic mass is 79.9. The molecule has 0 atom stereocenters. The minimum absolute atomic E-state index is 0.215. The molecule has 0 aliphatic heterocycles. The van der Waals surface area contributed by atoms with Crippen LogP contribution in [0.5, 0.6) is 11.6 Å². The summed E-state index contributed by atoms with van der Waals surface area (Å²) in [6, 6.07) is 7.77. The summed E-state index contributed by atoms with van der Waals surface area (Å²) in [4.78, 5) is 0. The van der Waals surface area contributed by atoms with Crippen molar-refractivity contribution < 1.29 is 13.9 Å². The first kappa shape index (κ1) is 12.8. The van der Waals surface area contributed by atoms with Crippen molar-refractivity contribution >= 4 is 15.9 Å². The fraction of sp³-hybridized carbons (Fsp3) is 0.167. The van der Waals surface area contributed by atoms with E-state index in [0.29, 0.717) is 21.8 Å². The van der Waals surface area contributed by atoms with Crippen molar-refractivity contribution in [2.24, 2.45) is 0 Å². The van der Waals surface area contributed by atoms with Crippen LogP contribution in [-0.2, 0) is 6.61 Å². The van der Waals surface area contributed by atoms with E-state index in [2.05, 4.69) is 26.1 Å².